The van der Waals surface area contributed by atoms with E-state index in [1.807, 2.05) is 0 Å². The van der Waals surface area contributed by atoms with Crippen molar-refractivity contribution >= 4 is 21.4 Å². The smallest absolute Gasteiger partial charge is 0.241 e. The minimum atomic E-state index is -3.54. The van der Waals surface area contributed by atoms with E-state index in [1.54, 1.807) is 12.3 Å². The lowest BCUT2D eigenvalue weighted by Gasteiger charge is -2.11. The van der Waals surface area contributed by atoms with Crippen molar-refractivity contribution < 1.29 is 18.3 Å². The summed E-state index contributed by atoms with van der Waals surface area (Å²) >= 11 is 1.22. The zero-order chi connectivity index (χ0) is 12.2. The molecule has 0 aliphatic carbocycles. The fraction of sp³-hybridized carbons (Fsp3) is 0.556. The van der Waals surface area contributed by atoms with Gasteiger partial charge in [0.2, 0.25) is 10.0 Å². The van der Waals surface area contributed by atoms with Crippen LogP contribution in [0.5, 0.6) is 0 Å². The summed E-state index contributed by atoms with van der Waals surface area (Å²) in [6.45, 7) is 1.70. The van der Waals surface area contributed by atoms with E-state index in [1.165, 1.54) is 24.5 Å². The number of ether oxygens (including phenoxy) is 1. The molecule has 1 unspecified atom stereocenters. The maximum absolute atomic E-state index is 11.8. The van der Waals surface area contributed by atoms with Gasteiger partial charge in [0, 0.05) is 18.5 Å². The molecular weight excluding hydrogens is 250 g/mol. The first-order valence-electron chi connectivity index (χ1n) is 4.71. The summed E-state index contributed by atoms with van der Waals surface area (Å²) in [6.07, 6.45) is -0.189. The van der Waals surface area contributed by atoms with E-state index in [0.717, 1.165) is 0 Å². The quantitative estimate of drug-likeness (QED) is 0.788. The first-order valence-corrected chi connectivity index (χ1v) is 7.07. The second-order valence-corrected chi connectivity index (χ2v) is 6.00. The molecule has 0 saturated carbocycles. The van der Waals surface area contributed by atoms with Crippen LogP contribution in [0.15, 0.2) is 16.3 Å². The molecule has 0 radical (unpaired) electrons. The molecule has 1 rings (SSSR count). The summed E-state index contributed by atoms with van der Waals surface area (Å²) in [5, 5.41) is 10.6. The lowest BCUT2D eigenvalue weighted by atomic mass is 10.4. The largest absolute Gasteiger partial charge is 0.391 e. The fourth-order valence-electron chi connectivity index (χ4n) is 1.07. The molecule has 0 saturated heterocycles. The van der Waals surface area contributed by atoms with E-state index in [4.69, 9.17) is 9.84 Å². The predicted octanol–water partition coefficient (Wildman–Crippen LogP) is 0.554. The van der Waals surface area contributed by atoms with Crippen LogP contribution in [0, 0.1) is 0 Å². The standard InChI is InChI=1S/C9H15NO4S2/c1-7(14-2)5-10-16(12,13)9-3-4-15-8(9)6-11/h3-4,7,10-11H,5-6H2,1-2H3. The Kier molecular flexibility index (Phi) is 4.88. The van der Waals surface area contributed by atoms with Gasteiger partial charge in [-0.15, -0.1) is 11.3 Å². The Bertz CT molecular complexity index is 426. The molecule has 1 aromatic rings. The molecular formula is C9H15NO4S2. The van der Waals surface area contributed by atoms with E-state index in [2.05, 4.69) is 4.72 Å². The van der Waals surface area contributed by atoms with Gasteiger partial charge in [0.15, 0.2) is 0 Å². The number of rotatable bonds is 6. The van der Waals surface area contributed by atoms with Gasteiger partial charge < -0.3 is 9.84 Å². The highest BCUT2D eigenvalue weighted by atomic mass is 32.2. The summed E-state index contributed by atoms with van der Waals surface area (Å²) in [5.41, 5.74) is 0. The van der Waals surface area contributed by atoms with E-state index in [9.17, 15) is 8.42 Å². The van der Waals surface area contributed by atoms with Crippen LogP contribution < -0.4 is 4.72 Å². The molecule has 1 heterocycles. The molecule has 0 spiro atoms. The van der Waals surface area contributed by atoms with Crippen molar-refractivity contribution in [3.8, 4) is 0 Å². The van der Waals surface area contributed by atoms with Gasteiger partial charge in [-0.1, -0.05) is 0 Å². The number of methoxy groups -OCH3 is 1. The third kappa shape index (κ3) is 3.26. The van der Waals surface area contributed by atoms with Crippen molar-refractivity contribution in [1.29, 1.82) is 0 Å². The minimum Gasteiger partial charge on any atom is -0.391 e. The molecule has 2 N–H and O–H groups in total. The van der Waals surface area contributed by atoms with Crippen LogP contribution in [0.2, 0.25) is 0 Å². The van der Waals surface area contributed by atoms with Crippen molar-refractivity contribution in [2.75, 3.05) is 13.7 Å². The highest BCUT2D eigenvalue weighted by molar-refractivity contribution is 7.89. The Morgan fingerprint density at radius 3 is 2.88 bits per heavy atom. The normalized spacial score (nSPS) is 13.9. The highest BCUT2D eigenvalue weighted by Crippen LogP contribution is 2.21. The number of sulfonamides is 1. The SMILES string of the molecule is COC(C)CNS(=O)(=O)c1ccsc1CO. The molecule has 0 amide bonds. The summed E-state index contributed by atoms with van der Waals surface area (Å²) in [4.78, 5) is 0.584. The van der Waals surface area contributed by atoms with Crippen molar-refractivity contribution in [2.45, 2.75) is 24.5 Å². The van der Waals surface area contributed by atoms with Gasteiger partial charge in [-0.3, -0.25) is 0 Å². The van der Waals surface area contributed by atoms with Crippen molar-refractivity contribution in [2.24, 2.45) is 0 Å². The van der Waals surface area contributed by atoms with Crippen LogP contribution in [0.3, 0.4) is 0 Å². The lowest BCUT2D eigenvalue weighted by molar-refractivity contribution is 0.122. The zero-order valence-corrected chi connectivity index (χ0v) is 10.8. The number of hydrogen-bond acceptors (Lipinski definition) is 5. The Balaban J connectivity index is 2.78. The molecule has 0 aliphatic rings. The second-order valence-electron chi connectivity index (χ2n) is 3.26. The Hall–Kier alpha value is -0.470. The topological polar surface area (TPSA) is 75.6 Å². The first-order chi connectivity index (χ1) is 7.51. The molecule has 5 nitrogen and oxygen atoms in total. The third-order valence-corrected chi connectivity index (χ3v) is 4.64. The third-order valence-electron chi connectivity index (χ3n) is 2.10. The average Bonchev–Trinajstić information content (AvgIpc) is 2.74. The van der Waals surface area contributed by atoms with Crippen LogP contribution in [0.4, 0.5) is 0 Å². The van der Waals surface area contributed by atoms with E-state index >= 15 is 0 Å². The van der Waals surface area contributed by atoms with Gasteiger partial charge in [-0.2, -0.15) is 0 Å². The molecule has 0 fully saturated rings. The number of hydrogen-bond donors (Lipinski definition) is 2. The lowest BCUT2D eigenvalue weighted by Crippen LogP contribution is -2.31. The minimum absolute atomic E-state index is 0.142. The number of thiophene rings is 1. The Labute approximate surface area is 99.1 Å². The summed E-state index contributed by atoms with van der Waals surface area (Å²) < 4.78 is 31.0. The second kappa shape index (κ2) is 5.74. The van der Waals surface area contributed by atoms with Crippen LogP contribution in [0.1, 0.15) is 11.8 Å². The Morgan fingerprint density at radius 1 is 1.62 bits per heavy atom. The van der Waals surface area contributed by atoms with Gasteiger partial charge in [-0.25, -0.2) is 13.1 Å². The van der Waals surface area contributed by atoms with E-state index in [-0.39, 0.29) is 24.2 Å². The number of nitrogens with one attached hydrogen (secondary N) is 1. The molecule has 0 aromatic carbocycles. The van der Waals surface area contributed by atoms with Gasteiger partial charge in [0.1, 0.15) is 0 Å². The predicted molar refractivity (Wildman–Crippen MR) is 61.9 cm³/mol. The van der Waals surface area contributed by atoms with Gasteiger partial charge in [-0.05, 0) is 18.4 Å². The zero-order valence-electron chi connectivity index (χ0n) is 9.13. The van der Waals surface area contributed by atoms with Gasteiger partial charge >= 0.3 is 0 Å². The van der Waals surface area contributed by atoms with Crippen molar-refractivity contribution in [1.82, 2.24) is 4.72 Å². The summed E-state index contributed by atoms with van der Waals surface area (Å²) in [5.74, 6) is 0. The molecule has 0 aliphatic heterocycles. The maximum Gasteiger partial charge on any atom is 0.241 e. The van der Waals surface area contributed by atoms with Crippen molar-refractivity contribution in [3.63, 3.8) is 0 Å². The summed E-state index contributed by atoms with van der Waals surface area (Å²) in [7, 11) is -2.03. The van der Waals surface area contributed by atoms with Gasteiger partial charge in [0.05, 0.1) is 17.6 Å². The Morgan fingerprint density at radius 2 is 2.31 bits per heavy atom. The number of aliphatic hydroxyl groups is 1. The first kappa shape index (κ1) is 13.6. The molecule has 1 aromatic heterocycles. The average molecular weight is 265 g/mol. The van der Waals surface area contributed by atoms with Crippen LogP contribution >= 0.6 is 11.3 Å². The number of aliphatic hydroxyl groups excluding tert-OH is 1. The summed E-state index contributed by atoms with van der Waals surface area (Å²) in [6, 6.07) is 1.48. The highest BCUT2D eigenvalue weighted by Gasteiger charge is 2.19. The molecule has 1 atom stereocenters. The van der Waals surface area contributed by atoms with Crippen LogP contribution in [0.25, 0.3) is 0 Å². The monoisotopic (exact) mass is 265 g/mol. The molecule has 16 heavy (non-hydrogen) atoms. The molecule has 92 valence electrons. The maximum atomic E-state index is 11.8. The molecule has 7 heteroatoms. The molecule has 0 bridgehead atoms. The van der Waals surface area contributed by atoms with Crippen LogP contribution in [-0.4, -0.2) is 33.3 Å². The fourth-order valence-corrected chi connectivity index (χ4v) is 3.48. The van der Waals surface area contributed by atoms with Gasteiger partial charge in [0.25, 0.3) is 0 Å². The van der Waals surface area contributed by atoms with Crippen molar-refractivity contribution in [3.05, 3.63) is 16.3 Å². The van der Waals surface area contributed by atoms with E-state index < -0.39 is 10.0 Å². The van der Waals surface area contributed by atoms with Crippen LogP contribution in [-0.2, 0) is 21.4 Å². The van der Waals surface area contributed by atoms with E-state index in [0.29, 0.717) is 4.88 Å².